The van der Waals surface area contributed by atoms with Crippen LogP contribution in [0.1, 0.15) is 139 Å². The molecular weight excluding hydrogens is 1560 g/mol. The first-order valence-electron chi connectivity index (χ1n) is 36.9. The van der Waals surface area contributed by atoms with E-state index in [1.54, 1.807) is 84.6 Å². The minimum absolute atomic E-state index is 0.0179. The van der Waals surface area contributed by atoms with Crippen molar-refractivity contribution >= 4 is 167 Å². The molecule has 1 unspecified atom stereocenters. The Hall–Kier alpha value is -15.4. The van der Waals surface area contributed by atoms with E-state index in [1.807, 2.05) is 24.3 Å². The van der Waals surface area contributed by atoms with Gasteiger partial charge in [-0.25, -0.2) is 19.9 Å². The molecule has 0 saturated heterocycles. The number of anilines is 10. The summed E-state index contributed by atoms with van der Waals surface area (Å²) >= 11 is 6.42. The Labute approximate surface area is 680 Å². The van der Waals surface area contributed by atoms with Gasteiger partial charge in [0, 0.05) is 192 Å². The van der Waals surface area contributed by atoms with Crippen LogP contribution in [0.2, 0.25) is 0 Å². The van der Waals surface area contributed by atoms with Crippen molar-refractivity contribution in [2.75, 3.05) is 84.8 Å². The maximum atomic E-state index is 14.1. The number of alkyl halides is 1. The maximum absolute atomic E-state index is 14.1. The van der Waals surface area contributed by atoms with Gasteiger partial charge in [-0.05, 0) is 65.9 Å². The van der Waals surface area contributed by atoms with Crippen molar-refractivity contribution in [3.8, 4) is 5.75 Å². The van der Waals surface area contributed by atoms with Crippen LogP contribution in [0.15, 0.2) is 128 Å². The van der Waals surface area contributed by atoms with Gasteiger partial charge in [0.1, 0.15) is 40.0 Å². The molecule has 1 aliphatic heterocycles. The second kappa shape index (κ2) is 34.4. The van der Waals surface area contributed by atoms with Crippen LogP contribution in [0.3, 0.4) is 0 Å². The fourth-order valence-corrected chi connectivity index (χ4v) is 13.9. The number of phenolic OH excluding ortho intramolecular Hbond substituents is 1. The first kappa shape index (κ1) is 81.6. The molecule has 0 aliphatic carbocycles. The van der Waals surface area contributed by atoms with Gasteiger partial charge in [0.15, 0.2) is 17.5 Å². The molecule has 13 rings (SSSR count). The van der Waals surface area contributed by atoms with Gasteiger partial charge >= 0.3 is 0 Å². The molecule has 9 aromatic heterocycles. The van der Waals surface area contributed by atoms with E-state index in [-0.39, 0.29) is 161 Å². The Morgan fingerprint density at radius 1 is 0.454 bits per heavy atom. The largest absolute Gasteiger partial charge is 0.507 e. The zero-order valence-electron chi connectivity index (χ0n) is 65.5. The molecule has 3 aromatic carbocycles. The van der Waals surface area contributed by atoms with Crippen LogP contribution in [0.25, 0.3) is 21.7 Å². The Kier molecular flexibility index (Phi) is 23.6. The number of hydrogen-bond donors (Lipinski definition) is 14. The van der Waals surface area contributed by atoms with E-state index in [1.165, 1.54) is 124 Å². The smallest absolute Gasteiger partial charge is 0.291 e. The number of phenols is 1. The van der Waals surface area contributed by atoms with Crippen molar-refractivity contribution in [2.45, 2.75) is 38.5 Å². The van der Waals surface area contributed by atoms with Crippen LogP contribution in [0, 0.1) is 0 Å². The number of carbonyl (C=O) groups excluding carboxylic acids is 13. The quantitative estimate of drug-likeness (QED) is 0.0184. The van der Waals surface area contributed by atoms with Gasteiger partial charge in [0.05, 0.1) is 34.6 Å². The fraction of sp³-hybridized carbons (Fsp3) is 0.244. The summed E-state index contributed by atoms with van der Waals surface area (Å²) in [5.74, 6) is -6.23. The van der Waals surface area contributed by atoms with Crippen molar-refractivity contribution < 1.29 is 67.4 Å². The summed E-state index contributed by atoms with van der Waals surface area (Å²) in [6, 6.07) is 21.6. The number of amides is 13. The third kappa shape index (κ3) is 18.2. The lowest BCUT2D eigenvalue weighted by Gasteiger charge is -2.17. The Balaban J connectivity index is 0.497. The number of rotatable bonds is 29. The molecule has 0 spiro atoms. The SMILES string of the molecule is CC(=O)Nc1cn(C)c(C(=O)Nc2cc(C(=O)Nc3cc(C(=O)NCCC(=O)Nc4cn(C)c(C(=O)Nc5cc(C(=O)NCCCC(=O)Nc6cnc(C(=O)Nc7cc(C(=O)NCCC(=O)Nc8cn(C)c(C(=O)Nc9ccc%10[nH]c(C(=O)N%11CC(CCl)c%12c%11cc(O)c%11ccccc%12%11)cc%10c9)n8)n(C)c7)n6C)n(C)c5)n4)n(C)c3)n(C)c2)n1. The number of nitrogens with one attached hydrogen (secondary N) is 13. The normalized spacial score (nSPS) is 12.2. The molecule has 12 aromatic rings. The van der Waals surface area contributed by atoms with Crippen LogP contribution in [0.5, 0.6) is 5.75 Å². The van der Waals surface area contributed by atoms with Gasteiger partial charge in [-0.1, -0.05) is 24.3 Å². The van der Waals surface area contributed by atoms with Crippen LogP contribution in [-0.2, 0) is 75.6 Å². The fourth-order valence-electron chi connectivity index (χ4n) is 13.6. The molecule has 14 N–H and O–H groups in total. The zero-order valence-corrected chi connectivity index (χ0v) is 66.3. The highest BCUT2D eigenvalue weighted by molar-refractivity contribution is 6.20. The molecule has 0 saturated carbocycles. The molecule has 10 heterocycles. The minimum atomic E-state index is -0.662. The molecule has 0 fully saturated rings. The second-order valence-corrected chi connectivity index (χ2v) is 28.5. The number of H-pyrrole nitrogens is 1. The molecule has 119 heavy (non-hydrogen) atoms. The van der Waals surface area contributed by atoms with E-state index in [0.29, 0.717) is 45.6 Å². The Morgan fingerprint density at radius 2 is 0.891 bits per heavy atom. The molecule has 40 nitrogen and oxygen atoms in total. The minimum Gasteiger partial charge on any atom is -0.507 e. The number of imidazole rings is 4. The van der Waals surface area contributed by atoms with E-state index >= 15 is 0 Å². The molecule has 13 amide bonds. The number of fused-ring (bicyclic) bond motifs is 4. The Bertz CT molecular complexity index is 6130. The van der Waals surface area contributed by atoms with Crippen molar-refractivity contribution in [1.29, 1.82) is 0 Å². The summed E-state index contributed by atoms with van der Waals surface area (Å²) < 4.78 is 11.6. The predicted octanol–water partition coefficient (Wildman–Crippen LogP) is 6.18. The topological polar surface area (TPSA) is 497 Å². The number of nitrogens with zero attached hydrogens (tertiary/aromatic N) is 13. The first-order valence-corrected chi connectivity index (χ1v) is 37.5. The maximum Gasteiger partial charge on any atom is 0.291 e. The average Bonchev–Trinajstić information content (AvgIpc) is 1.60. The molecule has 1 atom stereocenters. The predicted molar refractivity (Wildman–Crippen MR) is 439 cm³/mol. The number of aromatic amines is 1. The van der Waals surface area contributed by atoms with E-state index in [2.05, 4.69) is 88.7 Å². The number of aromatic hydroxyl groups is 1. The van der Waals surface area contributed by atoms with Crippen LogP contribution in [-0.4, -0.2) is 175 Å². The molecule has 41 heteroatoms. The number of aryl methyl sites for hydroxylation is 7. The van der Waals surface area contributed by atoms with Gasteiger partial charge in [-0.15, -0.1) is 11.6 Å². The van der Waals surface area contributed by atoms with Crippen LogP contribution >= 0.6 is 11.6 Å². The van der Waals surface area contributed by atoms with Crippen molar-refractivity contribution in [2.24, 2.45) is 56.4 Å². The summed E-state index contributed by atoms with van der Waals surface area (Å²) in [5.41, 5.74) is 4.58. The standard InChI is InChI=1S/C78H81ClN26O14/c1-40(106)84-58-37-101(6)68(93-58)76(117)89-47-28-56(100(5)36-47)73(114)86-44-25-54(97(2)33-44)71(112)81-21-18-64(110)92-60-39-103(8)69(95-60)77(118)88-46-27-53(98(3)35-46)70(111)80-20-12-15-62(108)96-61-31-83-66(104(61)9)74(115)87-45-26-55(99(4)34-45)72(113)82-22-19-63(109)91-59-38-102(7)67(94-59)75(116)85-43-16-17-50-41(23-43)24-51(90-50)78(119)105-32-42(30-79)65-49-14-11-10-13-48(49)57(107)29-52(65)105/h10-11,13-14,16-17,23-29,31,33-39,42,90,107H,12,15,18-22,30,32H2,1-9H3,(H,80,111)(H,81,112)(H,82,113)(H,84,106)(H,85,116)(H,86,114)(H,87,115)(H,88,118)(H,89,117)(H,91,109)(H,92,110)(H,96,108). The summed E-state index contributed by atoms with van der Waals surface area (Å²) in [6.45, 7) is 1.54. The van der Waals surface area contributed by atoms with Crippen molar-refractivity contribution in [3.63, 3.8) is 0 Å². The van der Waals surface area contributed by atoms with Gasteiger partial charge in [0.25, 0.3) is 53.2 Å². The van der Waals surface area contributed by atoms with Crippen LogP contribution < -0.4 is 68.7 Å². The second-order valence-electron chi connectivity index (χ2n) is 28.2. The summed E-state index contributed by atoms with van der Waals surface area (Å²) in [7, 11) is 12.6. The zero-order chi connectivity index (χ0) is 84.9. The van der Waals surface area contributed by atoms with E-state index in [9.17, 15) is 67.4 Å². The highest BCUT2D eigenvalue weighted by Gasteiger charge is 2.36. The molecule has 0 radical (unpaired) electrons. The van der Waals surface area contributed by atoms with E-state index in [0.717, 1.165) is 10.9 Å². The third-order valence-corrected chi connectivity index (χ3v) is 19.7. The van der Waals surface area contributed by atoms with E-state index < -0.39 is 65.0 Å². The lowest BCUT2D eigenvalue weighted by Crippen LogP contribution is -2.30. The summed E-state index contributed by atoms with van der Waals surface area (Å²) in [5, 5.41) is 45.3. The van der Waals surface area contributed by atoms with Crippen molar-refractivity contribution in [3.05, 3.63) is 186 Å². The van der Waals surface area contributed by atoms with Gasteiger partial charge in [-0.3, -0.25) is 62.3 Å². The molecule has 0 bridgehead atoms. The average molecular weight is 1640 g/mol. The lowest BCUT2D eigenvalue weighted by atomic mass is 9.95. The van der Waals surface area contributed by atoms with Gasteiger partial charge in [0.2, 0.25) is 46.9 Å². The highest BCUT2D eigenvalue weighted by Crippen LogP contribution is 2.46. The number of aromatic nitrogens is 13. The lowest BCUT2D eigenvalue weighted by molar-refractivity contribution is -0.117. The number of hydrogen-bond acceptors (Lipinski definition) is 18. The van der Waals surface area contributed by atoms with Gasteiger partial charge < -0.3 is 115 Å². The van der Waals surface area contributed by atoms with E-state index in [4.69, 9.17) is 11.6 Å². The summed E-state index contributed by atoms with van der Waals surface area (Å²) in [6.07, 6.45) is 11.5. The first-order chi connectivity index (χ1) is 56.8. The van der Waals surface area contributed by atoms with Crippen molar-refractivity contribution in [1.82, 2.24) is 77.4 Å². The highest BCUT2D eigenvalue weighted by atomic mass is 35.5. The number of carbonyl (C=O) groups is 13. The molecular formula is C78H81ClN26O14. The Morgan fingerprint density at radius 3 is 1.38 bits per heavy atom. The summed E-state index contributed by atoms with van der Waals surface area (Å²) in [4.78, 5) is 193. The number of halogens is 1. The molecule has 614 valence electrons. The third-order valence-electron chi connectivity index (χ3n) is 19.3. The monoisotopic (exact) mass is 1640 g/mol. The number of benzene rings is 3. The molecule has 1 aliphatic rings. The van der Waals surface area contributed by atoms with Gasteiger partial charge in [-0.2, -0.15) is 0 Å². The van der Waals surface area contributed by atoms with Crippen LogP contribution in [0.4, 0.5) is 57.4 Å².